The molecule has 0 aliphatic rings. The van der Waals surface area contributed by atoms with Gasteiger partial charge in [-0.05, 0) is 64.7 Å². The van der Waals surface area contributed by atoms with Crippen LogP contribution in [-0.2, 0) is 0 Å². The zero-order valence-corrected chi connectivity index (χ0v) is 12.2. The highest BCUT2D eigenvalue weighted by Gasteiger charge is 2.09. The minimum Gasteiger partial charge on any atom is -0.298 e. The van der Waals surface area contributed by atoms with Gasteiger partial charge < -0.3 is 0 Å². The predicted molar refractivity (Wildman–Crippen MR) is 82.5 cm³/mol. The molecule has 0 fully saturated rings. The van der Waals surface area contributed by atoms with E-state index in [1.54, 1.807) is 0 Å². The van der Waals surface area contributed by atoms with E-state index in [4.69, 9.17) is 0 Å². The lowest BCUT2D eigenvalue weighted by Crippen LogP contribution is -1.90. The van der Waals surface area contributed by atoms with Gasteiger partial charge in [-0.2, -0.15) is 0 Å². The van der Waals surface area contributed by atoms with E-state index in [0.29, 0.717) is 17.4 Å². The third-order valence-corrected chi connectivity index (χ3v) is 3.48. The van der Waals surface area contributed by atoms with E-state index >= 15 is 0 Å². The van der Waals surface area contributed by atoms with Crippen LogP contribution in [0.4, 0.5) is 17.6 Å². The van der Waals surface area contributed by atoms with E-state index in [9.17, 15) is 22.4 Å². The van der Waals surface area contributed by atoms with Gasteiger partial charge in [0.05, 0.1) is 0 Å². The molecule has 24 heavy (non-hydrogen) atoms. The molecular formula is C19H10F4O. The predicted octanol–water partition coefficient (Wildman–Crippen LogP) is 5.39. The lowest BCUT2D eigenvalue weighted by atomic mass is 9.96. The Morgan fingerprint density at radius 2 is 0.833 bits per heavy atom. The first-order valence-corrected chi connectivity index (χ1v) is 6.98. The van der Waals surface area contributed by atoms with E-state index in [-0.39, 0.29) is 16.7 Å². The van der Waals surface area contributed by atoms with Crippen molar-refractivity contribution >= 4 is 6.29 Å². The first-order valence-electron chi connectivity index (χ1n) is 6.98. The standard InChI is InChI=1S/C19H10F4O/c20-16-4-14(5-17(21)8-16)12-1-11(10-24)2-13(3-12)15-6-18(22)9-19(23)7-15/h1-10H. The third kappa shape index (κ3) is 3.35. The van der Waals surface area contributed by atoms with E-state index in [1.165, 1.54) is 18.2 Å². The van der Waals surface area contributed by atoms with Gasteiger partial charge in [-0.1, -0.05) is 0 Å². The number of rotatable bonds is 3. The quantitative estimate of drug-likeness (QED) is 0.465. The number of hydrogen-bond donors (Lipinski definition) is 0. The first kappa shape index (κ1) is 15.9. The van der Waals surface area contributed by atoms with Crippen LogP contribution in [-0.4, -0.2) is 6.29 Å². The minimum atomic E-state index is -0.764. The molecule has 3 rings (SSSR count). The van der Waals surface area contributed by atoms with Crippen LogP contribution in [0, 0.1) is 23.3 Å². The third-order valence-electron chi connectivity index (χ3n) is 3.48. The molecule has 0 radical (unpaired) electrons. The first-order chi connectivity index (χ1) is 11.4. The van der Waals surface area contributed by atoms with Crippen molar-refractivity contribution in [1.29, 1.82) is 0 Å². The van der Waals surface area contributed by atoms with Gasteiger partial charge in [-0.25, -0.2) is 17.6 Å². The summed E-state index contributed by atoms with van der Waals surface area (Å²) in [5.74, 6) is -3.06. The Kier molecular flexibility index (Phi) is 4.16. The van der Waals surface area contributed by atoms with Crippen LogP contribution < -0.4 is 0 Å². The number of carbonyl (C=O) groups excluding carboxylic acids is 1. The normalized spacial score (nSPS) is 10.7. The van der Waals surface area contributed by atoms with Crippen LogP contribution in [0.2, 0.25) is 0 Å². The van der Waals surface area contributed by atoms with Gasteiger partial charge >= 0.3 is 0 Å². The zero-order valence-electron chi connectivity index (χ0n) is 12.2. The zero-order chi connectivity index (χ0) is 17.3. The number of halogens is 4. The molecule has 3 aromatic rings. The van der Waals surface area contributed by atoms with Gasteiger partial charge in [0, 0.05) is 17.7 Å². The molecule has 5 heteroatoms. The molecule has 0 amide bonds. The largest absolute Gasteiger partial charge is 0.298 e. The smallest absolute Gasteiger partial charge is 0.150 e. The maximum atomic E-state index is 13.4. The van der Waals surface area contributed by atoms with Crippen LogP contribution in [0.3, 0.4) is 0 Å². The van der Waals surface area contributed by atoms with Crippen LogP contribution >= 0.6 is 0 Å². The fraction of sp³-hybridized carbons (Fsp3) is 0. The van der Waals surface area contributed by atoms with E-state index in [1.807, 2.05) is 0 Å². The summed E-state index contributed by atoms with van der Waals surface area (Å²) in [6.07, 6.45) is 0.554. The number of carbonyl (C=O) groups is 1. The molecule has 0 aliphatic heterocycles. The summed E-state index contributed by atoms with van der Waals surface area (Å²) in [6, 6.07) is 10.3. The summed E-state index contributed by atoms with van der Waals surface area (Å²) in [5, 5.41) is 0. The second-order valence-electron chi connectivity index (χ2n) is 5.28. The number of hydrogen-bond acceptors (Lipinski definition) is 1. The van der Waals surface area contributed by atoms with Crippen molar-refractivity contribution in [1.82, 2.24) is 0 Å². The van der Waals surface area contributed by atoms with Crippen LogP contribution in [0.15, 0.2) is 54.6 Å². The van der Waals surface area contributed by atoms with Crippen LogP contribution in [0.5, 0.6) is 0 Å². The Hall–Kier alpha value is -2.95. The number of aldehydes is 1. The van der Waals surface area contributed by atoms with Crippen molar-refractivity contribution in [2.24, 2.45) is 0 Å². The Bertz CT molecular complexity index is 824. The monoisotopic (exact) mass is 330 g/mol. The fourth-order valence-electron chi connectivity index (χ4n) is 2.49. The summed E-state index contributed by atoms with van der Waals surface area (Å²) < 4.78 is 53.7. The average Bonchev–Trinajstić information content (AvgIpc) is 2.52. The highest BCUT2D eigenvalue weighted by molar-refractivity contribution is 5.84. The SMILES string of the molecule is O=Cc1cc(-c2cc(F)cc(F)c2)cc(-c2cc(F)cc(F)c2)c1. The highest BCUT2D eigenvalue weighted by Crippen LogP contribution is 2.29. The van der Waals surface area contributed by atoms with Crippen LogP contribution in [0.25, 0.3) is 22.3 Å². The highest BCUT2D eigenvalue weighted by atomic mass is 19.1. The van der Waals surface area contributed by atoms with Gasteiger partial charge in [-0.3, -0.25) is 4.79 Å². The minimum absolute atomic E-state index is 0.217. The lowest BCUT2D eigenvalue weighted by Gasteiger charge is -2.09. The van der Waals surface area contributed by atoms with Crippen LogP contribution in [0.1, 0.15) is 10.4 Å². The van der Waals surface area contributed by atoms with Gasteiger partial charge in [0.2, 0.25) is 0 Å². The second kappa shape index (κ2) is 6.28. The molecule has 0 heterocycles. The van der Waals surface area contributed by atoms with E-state index in [0.717, 1.165) is 36.4 Å². The van der Waals surface area contributed by atoms with Crippen molar-refractivity contribution in [3.05, 3.63) is 83.4 Å². The Morgan fingerprint density at radius 3 is 1.17 bits per heavy atom. The van der Waals surface area contributed by atoms with Gasteiger partial charge in [0.15, 0.2) is 0 Å². The molecule has 0 N–H and O–H groups in total. The summed E-state index contributed by atoms with van der Waals surface area (Å²) in [7, 11) is 0. The Morgan fingerprint density at radius 1 is 0.500 bits per heavy atom. The fourth-order valence-corrected chi connectivity index (χ4v) is 2.49. The average molecular weight is 330 g/mol. The second-order valence-corrected chi connectivity index (χ2v) is 5.28. The summed E-state index contributed by atoms with van der Waals surface area (Å²) >= 11 is 0. The summed E-state index contributed by atoms with van der Waals surface area (Å²) in [5.41, 5.74) is 1.37. The van der Waals surface area contributed by atoms with Gasteiger partial charge in [0.1, 0.15) is 29.6 Å². The molecule has 1 nitrogen and oxygen atoms in total. The maximum Gasteiger partial charge on any atom is 0.150 e. The summed E-state index contributed by atoms with van der Waals surface area (Å²) in [4.78, 5) is 11.1. The molecule has 0 spiro atoms. The molecule has 0 unspecified atom stereocenters. The van der Waals surface area contributed by atoms with Crippen molar-refractivity contribution in [3.63, 3.8) is 0 Å². The molecule has 0 aromatic heterocycles. The molecule has 0 saturated carbocycles. The van der Waals surface area contributed by atoms with Gasteiger partial charge in [-0.15, -0.1) is 0 Å². The van der Waals surface area contributed by atoms with E-state index < -0.39 is 23.3 Å². The van der Waals surface area contributed by atoms with Crippen molar-refractivity contribution in [2.75, 3.05) is 0 Å². The molecule has 0 bridgehead atoms. The molecule has 0 atom stereocenters. The molecular weight excluding hydrogens is 320 g/mol. The van der Waals surface area contributed by atoms with Crippen molar-refractivity contribution < 1.29 is 22.4 Å². The maximum absolute atomic E-state index is 13.4. The molecule has 3 aromatic carbocycles. The molecule has 0 saturated heterocycles. The Labute approximate surface area is 135 Å². The van der Waals surface area contributed by atoms with Crippen molar-refractivity contribution in [3.8, 4) is 22.3 Å². The van der Waals surface area contributed by atoms with Crippen molar-refractivity contribution in [2.45, 2.75) is 0 Å². The Balaban J connectivity index is 2.20. The molecule has 120 valence electrons. The van der Waals surface area contributed by atoms with Gasteiger partial charge in [0.25, 0.3) is 0 Å². The molecule has 0 aliphatic carbocycles. The topological polar surface area (TPSA) is 17.1 Å². The lowest BCUT2D eigenvalue weighted by molar-refractivity contribution is 0.112. The summed E-state index contributed by atoms with van der Waals surface area (Å²) in [6.45, 7) is 0. The van der Waals surface area contributed by atoms with E-state index in [2.05, 4.69) is 0 Å². The number of benzene rings is 3.